The van der Waals surface area contributed by atoms with Crippen LogP contribution in [-0.4, -0.2) is 18.5 Å². The summed E-state index contributed by atoms with van der Waals surface area (Å²) < 4.78 is 0. The van der Waals surface area contributed by atoms with Gasteiger partial charge in [0.2, 0.25) is 5.91 Å². The predicted molar refractivity (Wildman–Crippen MR) is 86.0 cm³/mol. The Balaban J connectivity index is 2.38. The van der Waals surface area contributed by atoms with Gasteiger partial charge in [-0.3, -0.25) is 4.79 Å². The van der Waals surface area contributed by atoms with Crippen LogP contribution in [0.4, 0.5) is 11.4 Å². The molecule has 1 heterocycles. The van der Waals surface area contributed by atoms with E-state index < -0.39 is 0 Å². The number of nitrogens with one attached hydrogen (secondary N) is 1. The van der Waals surface area contributed by atoms with Gasteiger partial charge in [-0.15, -0.1) is 0 Å². The van der Waals surface area contributed by atoms with Crippen LogP contribution < -0.4 is 10.2 Å². The zero-order valence-corrected chi connectivity index (χ0v) is 13.6. The second kappa shape index (κ2) is 6.23. The van der Waals surface area contributed by atoms with Crippen molar-refractivity contribution < 1.29 is 4.79 Å². The van der Waals surface area contributed by atoms with Gasteiger partial charge < -0.3 is 10.2 Å². The SMILES string of the molecule is CCC1Nc2cc(Cl)c(Cl)cc2N(CCC(C)C)C1=O. The van der Waals surface area contributed by atoms with Crippen LogP contribution in [-0.2, 0) is 4.79 Å². The van der Waals surface area contributed by atoms with Crippen molar-refractivity contribution in [2.24, 2.45) is 5.92 Å². The maximum atomic E-state index is 12.5. The molecular formula is C15H20Cl2N2O. The topological polar surface area (TPSA) is 32.3 Å². The van der Waals surface area contributed by atoms with Crippen LogP contribution in [0.25, 0.3) is 0 Å². The minimum Gasteiger partial charge on any atom is -0.372 e. The van der Waals surface area contributed by atoms with E-state index in [1.165, 1.54) is 0 Å². The Kier molecular flexibility index (Phi) is 4.82. The number of hydrogen-bond acceptors (Lipinski definition) is 2. The molecule has 1 aliphatic rings. The molecule has 1 aromatic rings. The van der Waals surface area contributed by atoms with E-state index in [-0.39, 0.29) is 11.9 Å². The van der Waals surface area contributed by atoms with Gasteiger partial charge >= 0.3 is 0 Å². The second-order valence-electron chi connectivity index (χ2n) is 5.56. The first-order chi connectivity index (χ1) is 9.43. The third-order valence-electron chi connectivity index (χ3n) is 3.56. The van der Waals surface area contributed by atoms with E-state index in [0.29, 0.717) is 22.5 Å². The molecule has 1 aliphatic heterocycles. The Labute approximate surface area is 130 Å². The molecule has 0 bridgehead atoms. The van der Waals surface area contributed by atoms with Gasteiger partial charge in [0, 0.05) is 6.54 Å². The summed E-state index contributed by atoms with van der Waals surface area (Å²) in [7, 11) is 0. The highest BCUT2D eigenvalue weighted by Gasteiger charge is 2.31. The van der Waals surface area contributed by atoms with Crippen LogP contribution >= 0.6 is 23.2 Å². The Morgan fingerprint density at radius 3 is 2.55 bits per heavy atom. The van der Waals surface area contributed by atoms with Crippen LogP contribution in [0, 0.1) is 5.92 Å². The van der Waals surface area contributed by atoms with Gasteiger partial charge in [0.25, 0.3) is 0 Å². The van der Waals surface area contributed by atoms with E-state index in [1.54, 1.807) is 12.1 Å². The average Bonchev–Trinajstić information content (AvgIpc) is 2.39. The molecule has 1 unspecified atom stereocenters. The highest BCUT2D eigenvalue weighted by atomic mass is 35.5. The molecule has 3 nitrogen and oxygen atoms in total. The molecule has 1 amide bonds. The van der Waals surface area contributed by atoms with Crippen LogP contribution in [0.15, 0.2) is 12.1 Å². The zero-order chi connectivity index (χ0) is 14.9. The lowest BCUT2D eigenvalue weighted by atomic mass is 10.0. The lowest BCUT2D eigenvalue weighted by Crippen LogP contribution is -2.47. The summed E-state index contributed by atoms with van der Waals surface area (Å²) in [6.07, 6.45) is 1.71. The number of fused-ring (bicyclic) bond motifs is 1. The minimum atomic E-state index is -0.188. The minimum absolute atomic E-state index is 0.110. The van der Waals surface area contributed by atoms with Crippen LogP contribution in [0.1, 0.15) is 33.6 Å². The summed E-state index contributed by atoms with van der Waals surface area (Å²) in [4.78, 5) is 14.4. The molecule has 0 saturated carbocycles. The number of benzene rings is 1. The van der Waals surface area contributed by atoms with Crippen molar-refractivity contribution in [3.63, 3.8) is 0 Å². The second-order valence-corrected chi connectivity index (χ2v) is 6.38. The monoisotopic (exact) mass is 314 g/mol. The highest BCUT2D eigenvalue weighted by molar-refractivity contribution is 6.42. The van der Waals surface area contributed by atoms with Gasteiger partial charge in [-0.05, 0) is 30.9 Å². The largest absolute Gasteiger partial charge is 0.372 e. The summed E-state index contributed by atoms with van der Waals surface area (Å²) >= 11 is 12.2. The Bertz CT molecular complexity index is 517. The number of hydrogen-bond donors (Lipinski definition) is 1. The average molecular weight is 315 g/mol. The molecule has 2 rings (SSSR count). The molecule has 0 saturated heterocycles. The van der Waals surface area contributed by atoms with E-state index in [4.69, 9.17) is 23.2 Å². The number of nitrogens with zero attached hydrogens (tertiary/aromatic N) is 1. The molecule has 1 atom stereocenters. The molecule has 5 heteroatoms. The molecule has 0 spiro atoms. The van der Waals surface area contributed by atoms with E-state index >= 15 is 0 Å². The van der Waals surface area contributed by atoms with Gasteiger partial charge in [-0.2, -0.15) is 0 Å². The number of carbonyl (C=O) groups excluding carboxylic acids is 1. The quantitative estimate of drug-likeness (QED) is 0.882. The third-order valence-corrected chi connectivity index (χ3v) is 4.28. The van der Waals surface area contributed by atoms with Gasteiger partial charge in [0.05, 0.1) is 21.4 Å². The van der Waals surface area contributed by atoms with Crippen LogP contribution in [0.3, 0.4) is 0 Å². The van der Waals surface area contributed by atoms with Gasteiger partial charge in [-0.1, -0.05) is 44.0 Å². The van der Waals surface area contributed by atoms with Crippen molar-refractivity contribution in [1.29, 1.82) is 0 Å². The summed E-state index contributed by atoms with van der Waals surface area (Å²) in [5.74, 6) is 0.656. The molecule has 0 aliphatic carbocycles. The fourth-order valence-corrected chi connectivity index (χ4v) is 2.65. The molecule has 0 radical (unpaired) electrons. The van der Waals surface area contributed by atoms with Gasteiger partial charge in [0.15, 0.2) is 0 Å². The first-order valence-corrected chi connectivity index (χ1v) is 7.76. The fourth-order valence-electron chi connectivity index (χ4n) is 2.33. The summed E-state index contributed by atoms with van der Waals surface area (Å²) in [5.41, 5.74) is 1.71. The molecule has 0 aromatic heterocycles. The van der Waals surface area contributed by atoms with Crippen molar-refractivity contribution in [3.05, 3.63) is 22.2 Å². The zero-order valence-electron chi connectivity index (χ0n) is 12.0. The smallest absolute Gasteiger partial charge is 0.249 e. The van der Waals surface area contributed by atoms with Crippen molar-refractivity contribution in [3.8, 4) is 0 Å². The molecule has 20 heavy (non-hydrogen) atoms. The summed E-state index contributed by atoms with van der Waals surface area (Å²) in [5, 5.41) is 4.23. The summed E-state index contributed by atoms with van der Waals surface area (Å²) in [6.45, 7) is 7.01. The third kappa shape index (κ3) is 3.04. The first kappa shape index (κ1) is 15.5. The maximum Gasteiger partial charge on any atom is 0.249 e. The predicted octanol–water partition coefficient (Wildman–Crippen LogP) is 4.58. The van der Waals surface area contributed by atoms with E-state index in [1.807, 2.05) is 11.8 Å². The highest BCUT2D eigenvalue weighted by Crippen LogP contribution is 2.38. The fraction of sp³-hybridized carbons (Fsp3) is 0.533. The Morgan fingerprint density at radius 2 is 1.95 bits per heavy atom. The van der Waals surface area contributed by atoms with Crippen molar-refractivity contribution in [2.75, 3.05) is 16.8 Å². The Morgan fingerprint density at radius 1 is 1.30 bits per heavy atom. The summed E-state index contributed by atoms with van der Waals surface area (Å²) in [6, 6.07) is 3.39. The Hall–Kier alpha value is -0.930. The van der Waals surface area contributed by atoms with Crippen molar-refractivity contribution in [1.82, 2.24) is 0 Å². The lowest BCUT2D eigenvalue weighted by Gasteiger charge is -2.35. The molecular weight excluding hydrogens is 295 g/mol. The van der Waals surface area contributed by atoms with Crippen LogP contribution in [0.5, 0.6) is 0 Å². The lowest BCUT2D eigenvalue weighted by molar-refractivity contribution is -0.119. The number of anilines is 2. The van der Waals surface area contributed by atoms with E-state index in [9.17, 15) is 4.79 Å². The van der Waals surface area contributed by atoms with Crippen LogP contribution in [0.2, 0.25) is 10.0 Å². The maximum absolute atomic E-state index is 12.5. The van der Waals surface area contributed by atoms with E-state index in [0.717, 1.165) is 24.2 Å². The number of carbonyl (C=O) groups is 1. The molecule has 1 N–H and O–H groups in total. The van der Waals surface area contributed by atoms with E-state index in [2.05, 4.69) is 19.2 Å². The molecule has 1 aromatic carbocycles. The number of halogens is 2. The standard InChI is InChI=1S/C15H20Cl2N2O/c1-4-12-15(20)19(6-5-9(2)3)14-8-11(17)10(16)7-13(14)18-12/h7-9,12,18H,4-6H2,1-3H3. The van der Waals surface area contributed by atoms with Gasteiger partial charge in [-0.25, -0.2) is 0 Å². The van der Waals surface area contributed by atoms with Gasteiger partial charge in [0.1, 0.15) is 6.04 Å². The molecule has 0 fully saturated rings. The first-order valence-electron chi connectivity index (χ1n) is 7.01. The van der Waals surface area contributed by atoms with Crippen molar-refractivity contribution >= 4 is 40.5 Å². The normalized spacial score (nSPS) is 18.2. The number of amides is 1. The van der Waals surface area contributed by atoms with Crippen molar-refractivity contribution in [2.45, 2.75) is 39.7 Å². The number of rotatable bonds is 4. The molecule has 110 valence electrons.